The fourth-order valence-corrected chi connectivity index (χ4v) is 12.5. The molecule has 26 heavy (non-hydrogen) atoms. The van der Waals surface area contributed by atoms with Gasteiger partial charge >= 0.3 is 9.53 Å². The van der Waals surface area contributed by atoms with Gasteiger partial charge in [-0.15, -0.1) is 0 Å². The second-order valence-corrected chi connectivity index (χ2v) is 25.3. The van der Waals surface area contributed by atoms with Crippen molar-refractivity contribution in [3.05, 3.63) is 11.8 Å². The lowest BCUT2D eigenvalue weighted by Gasteiger charge is -2.33. The predicted octanol–water partition coefficient (Wildman–Crippen LogP) is 5.04. The van der Waals surface area contributed by atoms with Crippen LogP contribution in [-0.4, -0.2) is 47.1 Å². The smallest absolute Gasteiger partial charge is 0.419 e. The molecule has 1 N–H and O–H groups in total. The maximum Gasteiger partial charge on any atom is 0.452 e. The van der Waals surface area contributed by atoms with Gasteiger partial charge in [0, 0.05) is 6.04 Å². The van der Waals surface area contributed by atoms with Gasteiger partial charge in [-0.3, -0.25) is 0 Å². The molecule has 0 heterocycles. The van der Waals surface area contributed by atoms with Crippen LogP contribution in [0, 0.1) is 0 Å². The third-order valence-electron chi connectivity index (χ3n) is 4.17. The largest absolute Gasteiger partial charge is 0.452 e. The number of nitrogens with one attached hydrogen (secondary N) is 1. The van der Waals surface area contributed by atoms with Crippen molar-refractivity contribution in [1.82, 2.24) is 5.32 Å². The molecule has 1 fully saturated rings. The van der Waals surface area contributed by atoms with Crippen LogP contribution in [0.2, 0.25) is 52.4 Å². The van der Waals surface area contributed by atoms with Crippen LogP contribution in [0.5, 0.6) is 0 Å². The van der Waals surface area contributed by atoms with Crippen LogP contribution in [0.1, 0.15) is 38.5 Å². The standard InChI is InChI=1S/C18H43NO3Si4/c1-24(2,3)20-23(21-25(4,5)6)22-26(7,8)17-13-12-16-19-18-14-10-9-11-15-18/h13,17-19,23H,9-12,14-16H2,1-8H3. The zero-order valence-corrected chi connectivity index (χ0v) is 22.6. The zero-order valence-electron chi connectivity index (χ0n) is 18.5. The van der Waals surface area contributed by atoms with Crippen LogP contribution < -0.4 is 5.32 Å². The van der Waals surface area contributed by atoms with Crippen LogP contribution in [0.3, 0.4) is 0 Å². The van der Waals surface area contributed by atoms with Gasteiger partial charge in [-0.2, -0.15) is 0 Å². The second-order valence-electron chi connectivity index (χ2n) is 9.95. The summed E-state index contributed by atoms with van der Waals surface area (Å²) in [4.78, 5) is 0. The molecule has 0 radical (unpaired) electrons. The maximum atomic E-state index is 6.48. The molecule has 0 spiro atoms. The molecule has 1 aliphatic carbocycles. The van der Waals surface area contributed by atoms with Gasteiger partial charge in [0.1, 0.15) is 0 Å². The average Bonchev–Trinajstić information content (AvgIpc) is 2.43. The molecule has 0 unspecified atom stereocenters. The van der Waals surface area contributed by atoms with E-state index in [1.807, 2.05) is 0 Å². The summed E-state index contributed by atoms with van der Waals surface area (Å²) in [5.41, 5.74) is 2.32. The second kappa shape index (κ2) is 10.8. The highest BCUT2D eigenvalue weighted by molar-refractivity contribution is 6.85. The summed E-state index contributed by atoms with van der Waals surface area (Å²) in [5, 5.41) is 3.70. The van der Waals surface area contributed by atoms with Gasteiger partial charge in [-0.05, 0) is 78.2 Å². The number of rotatable bonds is 11. The number of hydrogen-bond acceptors (Lipinski definition) is 4. The third kappa shape index (κ3) is 12.8. The minimum absolute atomic E-state index is 0.741. The van der Waals surface area contributed by atoms with Gasteiger partial charge in [-0.1, -0.05) is 31.0 Å². The fourth-order valence-electron chi connectivity index (χ4n) is 2.98. The first-order valence-corrected chi connectivity index (χ1v) is 21.5. The van der Waals surface area contributed by atoms with Crippen molar-refractivity contribution in [3.63, 3.8) is 0 Å². The topological polar surface area (TPSA) is 39.7 Å². The molecular weight excluding hydrogens is 391 g/mol. The van der Waals surface area contributed by atoms with Crippen molar-refractivity contribution in [2.24, 2.45) is 0 Å². The molecule has 0 atom stereocenters. The van der Waals surface area contributed by atoms with Crippen molar-refractivity contribution in [2.45, 2.75) is 96.9 Å². The van der Waals surface area contributed by atoms with Gasteiger partial charge in [0.15, 0.2) is 16.6 Å². The summed E-state index contributed by atoms with van der Waals surface area (Å²) in [7, 11) is -7.30. The van der Waals surface area contributed by atoms with E-state index in [9.17, 15) is 0 Å². The summed E-state index contributed by atoms with van der Waals surface area (Å²) in [6.45, 7) is 18.9. The average molecular weight is 434 g/mol. The van der Waals surface area contributed by atoms with Crippen LogP contribution in [0.25, 0.3) is 0 Å². The van der Waals surface area contributed by atoms with E-state index in [2.05, 4.69) is 69.5 Å². The van der Waals surface area contributed by atoms with Crippen molar-refractivity contribution < 1.29 is 12.3 Å². The predicted molar refractivity (Wildman–Crippen MR) is 123 cm³/mol. The minimum Gasteiger partial charge on any atom is -0.419 e. The highest BCUT2D eigenvalue weighted by atomic mass is 28.5. The van der Waals surface area contributed by atoms with Gasteiger partial charge in [0.05, 0.1) is 0 Å². The van der Waals surface area contributed by atoms with E-state index in [-0.39, 0.29) is 0 Å². The Balaban J connectivity index is 2.45. The highest BCUT2D eigenvalue weighted by Gasteiger charge is 2.34. The summed E-state index contributed by atoms with van der Waals surface area (Å²) in [6, 6.07) is 0.741. The molecule has 1 aliphatic rings. The maximum absolute atomic E-state index is 6.48. The Morgan fingerprint density at radius 1 is 0.846 bits per heavy atom. The van der Waals surface area contributed by atoms with Crippen molar-refractivity contribution in [3.8, 4) is 0 Å². The third-order valence-corrected chi connectivity index (χ3v) is 15.6. The van der Waals surface area contributed by atoms with Crippen molar-refractivity contribution in [1.29, 1.82) is 0 Å². The molecule has 0 aromatic carbocycles. The van der Waals surface area contributed by atoms with E-state index < -0.39 is 34.5 Å². The van der Waals surface area contributed by atoms with Crippen LogP contribution in [0.15, 0.2) is 11.8 Å². The first-order chi connectivity index (χ1) is 11.9. The van der Waals surface area contributed by atoms with E-state index in [1.165, 1.54) is 32.1 Å². The first kappa shape index (κ1) is 24.5. The molecule has 0 saturated heterocycles. The van der Waals surface area contributed by atoms with Crippen LogP contribution in [-0.2, 0) is 12.3 Å². The van der Waals surface area contributed by atoms with Gasteiger partial charge in [-0.25, -0.2) is 0 Å². The summed E-state index contributed by atoms with van der Waals surface area (Å²) >= 11 is 0. The monoisotopic (exact) mass is 433 g/mol. The van der Waals surface area contributed by atoms with Crippen molar-refractivity contribution >= 4 is 34.5 Å². The minimum atomic E-state index is -2.07. The first-order valence-electron chi connectivity index (χ1n) is 10.3. The lowest BCUT2D eigenvalue weighted by molar-refractivity contribution is 0.301. The van der Waals surface area contributed by atoms with E-state index in [4.69, 9.17) is 12.3 Å². The van der Waals surface area contributed by atoms with Gasteiger partial charge < -0.3 is 17.7 Å². The fraction of sp³-hybridized carbons (Fsp3) is 0.889. The molecule has 0 aromatic heterocycles. The number of hydrogen-bond donors (Lipinski definition) is 1. The van der Waals surface area contributed by atoms with Crippen molar-refractivity contribution in [2.75, 3.05) is 6.54 Å². The molecule has 8 heteroatoms. The molecule has 0 bridgehead atoms. The lowest BCUT2D eigenvalue weighted by atomic mass is 9.95. The quantitative estimate of drug-likeness (QED) is 0.366. The van der Waals surface area contributed by atoms with Gasteiger partial charge in [0.2, 0.25) is 8.32 Å². The molecule has 1 saturated carbocycles. The normalized spacial score (nSPS) is 18.2. The Morgan fingerprint density at radius 3 is 1.88 bits per heavy atom. The molecule has 0 aliphatic heterocycles. The molecular formula is C18H43NO3Si4. The van der Waals surface area contributed by atoms with E-state index in [1.54, 1.807) is 0 Å². The molecule has 0 amide bonds. The summed E-state index contributed by atoms with van der Waals surface area (Å²) in [6.07, 6.45) is 10.3. The lowest BCUT2D eigenvalue weighted by Crippen LogP contribution is -2.49. The van der Waals surface area contributed by atoms with Crippen LogP contribution in [0.4, 0.5) is 0 Å². The zero-order chi connectivity index (χ0) is 19.8. The molecule has 154 valence electrons. The van der Waals surface area contributed by atoms with Crippen LogP contribution >= 0.6 is 0 Å². The Bertz CT molecular complexity index is 411. The Morgan fingerprint density at radius 2 is 1.38 bits per heavy atom. The Labute approximate surface area is 167 Å². The Hall–Kier alpha value is 0.448. The molecule has 4 nitrogen and oxygen atoms in total. The Kier molecular flexibility index (Phi) is 10.2. The van der Waals surface area contributed by atoms with E-state index in [0.717, 1.165) is 19.0 Å². The summed E-state index contributed by atoms with van der Waals surface area (Å²) < 4.78 is 19.1. The van der Waals surface area contributed by atoms with Gasteiger partial charge in [0.25, 0.3) is 0 Å². The summed E-state index contributed by atoms with van der Waals surface area (Å²) in [5.74, 6) is 0. The SMILES string of the molecule is C[Si](C)(C)O[SiH](O[Si](C)(C)C)O[Si](C)(C)C=CCCNC1CCCCC1. The highest BCUT2D eigenvalue weighted by Crippen LogP contribution is 2.18. The molecule has 1 rings (SSSR count). The van der Waals surface area contributed by atoms with E-state index >= 15 is 0 Å². The molecule has 0 aromatic rings. The van der Waals surface area contributed by atoms with E-state index in [0.29, 0.717) is 0 Å².